The third kappa shape index (κ3) is 41.9. The topological polar surface area (TPSA) is 102 Å². The molecule has 0 aromatic carbocycles. The number of unbranched alkanes of at least 4 members (excludes halogenated alkanes) is 20. The summed E-state index contributed by atoms with van der Waals surface area (Å²) >= 11 is 0. The lowest BCUT2D eigenvalue weighted by molar-refractivity contribution is -0.889. The van der Waals surface area contributed by atoms with Crippen LogP contribution in [-0.2, 0) is 28.6 Å². The maximum absolute atomic E-state index is 12.7. The number of esters is 2. The van der Waals surface area contributed by atoms with Gasteiger partial charge in [0.05, 0.1) is 40.3 Å². The maximum Gasteiger partial charge on any atom is 0.306 e. The molecule has 0 aliphatic carbocycles. The summed E-state index contributed by atoms with van der Waals surface area (Å²) in [4.78, 5) is 37.0. The predicted octanol–water partition coefficient (Wildman–Crippen LogP) is 12.6. The van der Waals surface area contributed by atoms with E-state index in [1.54, 1.807) is 21.1 Å². The number of hydrogen-bond donors (Lipinski definition) is 0. The van der Waals surface area contributed by atoms with E-state index in [0.29, 0.717) is 6.42 Å². The second-order valence-corrected chi connectivity index (χ2v) is 17.4. The molecule has 0 radical (unpaired) electrons. The molecule has 8 heteroatoms. The number of aliphatic carboxylic acids is 1. The van der Waals surface area contributed by atoms with Gasteiger partial charge < -0.3 is 28.6 Å². The van der Waals surface area contributed by atoms with Gasteiger partial charge in [0, 0.05) is 19.3 Å². The number of allylic oxidation sites excluding steroid dienone is 12. The van der Waals surface area contributed by atoms with Gasteiger partial charge in [-0.15, -0.1) is 0 Å². The molecule has 61 heavy (non-hydrogen) atoms. The van der Waals surface area contributed by atoms with Crippen LogP contribution in [-0.4, -0.2) is 75.5 Å². The van der Waals surface area contributed by atoms with Crippen molar-refractivity contribution in [1.82, 2.24) is 0 Å². The first-order valence-electron chi connectivity index (χ1n) is 24.5. The highest BCUT2D eigenvalue weighted by Crippen LogP contribution is 2.14. The molecule has 0 amide bonds. The van der Waals surface area contributed by atoms with E-state index in [1.807, 2.05) is 30.4 Å². The smallest absolute Gasteiger partial charge is 0.306 e. The molecule has 2 atom stereocenters. The Hall–Kier alpha value is -3.23. The lowest BCUT2D eigenvalue weighted by atomic mass is 10.1. The third-order valence-corrected chi connectivity index (χ3v) is 10.7. The van der Waals surface area contributed by atoms with E-state index >= 15 is 0 Å². The lowest BCUT2D eigenvalue weighted by Crippen LogP contribution is -2.55. The van der Waals surface area contributed by atoms with Gasteiger partial charge in [-0.3, -0.25) is 9.59 Å². The van der Waals surface area contributed by atoms with Crippen LogP contribution in [0.15, 0.2) is 72.9 Å². The number of carbonyl (C=O) groups is 3. The molecule has 0 spiro atoms. The molecule has 0 heterocycles. The Balaban J connectivity index is 4.30. The molecule has 0 aromatic rings. The number of carboxylic acids is 1. The highest BCUT2D eigenvalue weighted by molar-refractivity contribution is 5.70. The van der Waals surface area contributed by atoms with Crippen LogP contribution in [0.4, 0.5) is 0 Å². The summed E-state index contributed by atoms with van der Waals surface area (Å²) in [5, 5.41) is 11.6. The van der Waals surface area contributed by atoms with Gasteiger partial charge in [-0.2, -0.15) is 0 Å². The van der Waals surface area contributed by atoms with Crippen molar-refractivity contribution >= 4 is 17.9 Å². The molecule has 0 aromatic heterocycles. The second-order valence-electron chi connectivity index (χ2n) is 17.4. The summed E-state index contributed by atoms with van der Waals surface area (Å²) in [6, 6.07) is -0.735. The quantitative estimate of drug-likeness (QED) is 0.0198. The van der Waals surface area contributed by atoms with Crippen LogP contribution in [0.2, 0.25) is 0 Å². The number of quaternary nitrogens is 1. The van der Waals surface area contributed by atoms with Gasteiger partial charge in [-0.1, -0.05) is 183 Å². The fraction of sp³-hybridized carbons (Fsp3) is 0.717. The van der Waals surface area contributed by atoms with Crippen molar-refractivity contribution in [3.63, 3.8) is 0 Å². The molecule has 0 aliphatic rings. The minimum absolute atomic E-state index is 0.0249. The van der Waals surface area contributed by atoms with Crippen molar-refractivity contribution in [3.05, 3.63) is 72.9 Å². The molecule has 0 saturated carbocycles. The zero-order valence-electron chi connectivity index (χ0n) is 39.8. The second kappa shape index (κ2) is 43.4. The number of carbonyl (C=O) groups excluding carboxylic acids is 3. The molecule has 0 N–H and O–H groups in total. The van der Waals surface area contributed by atoms with E-state index in [9.17, 15) is 19.5 Å². The number of likely N-dealkylation sites (N-methyl/N-ethyl adjacent to an activating group) is 1. The van der Waals surface area contributed by atoms with Gasteiger partial charge in [0.15, 0.2) is 6.10 Å². The summed E-state index contributed by atoms with van der Waals surface area (Å²) in [5.74, 6) is -1.78. The number of rotatable bonds is 43. The van der Waals surface area contributed by atoms with Gasteiger partial charge in [-0.25, -0.2) is 0 Å². The lowest BCUT2D eigenvalue weighted by Gasteiger charge is -2.34. The molecular weight excluding hydrogens is 763 g/mol. The summed E-state index contributed by atoms with van der Waals surface area (Å²) in [6.45, 7) is 4.49. The first kappa shape index (κ1) is 57.8. The largest absolute Gasteiger partial charge is 0.544 e. The van der Waals surface area contributed by atoms with Gasteiger partial charge in [-0.05, 0) is 64.2 Å². The van der Waals surface area contributed by atoms with Gasteiger partial charge in [0.2, 0.25) is 0 Å². The van der Waals surface area contributed by atoms with E-state index in [2.05, 4.69) is 56.4 Å². The average Bonchev–Trinajstić information content (AvgIpc) is 3.22. The molecule has 2 unspecified atom stereocenters. The molecule has 0 saturated heterocycles. The fourth-order valence-corrected chi connectivity index (χ4v) is 6.88. The van der Waals surface area contributed by atoms with Crippen LogP contribution >= 0.6 is 0 Å². The van der Waals surface area contributed by atoms with Crippen LogP contribution in [0.3, 0.4) is 0 Å². The third-order valence-electron chi connectivity index (χ3n) is 10.7. The van der Waals surface area contributed by atoms with Crippen molar-refractivity contribution in [2.45, 2.75) is 206 Å². The van der Waals surface area contributed by atoms with E-state index in [4.69, 9.17) is 14.2 Å². The minimum Gasteiger partial charge on any atom is -0.544 e. The average molecular weight is 854 g/mol. The minimum atomic E-state index is -1.13. The van der Waals surface area contributed by atoms with Crippen LogP contribution < -0.4 is 5.11 Å². The highest BCUT2D eigenvalue weighted by atomic mass is 16.6. The molecule has 0 rings (SSSR count). The summed E-state index contributed by atoms with van der Waals surface area (Å²) in [7, 11) is 5.39. The SMILES string of the molecule is CC/C=C/C=C/C=C/C=C/CCCCCCCC(=O)OC(COCCC(C(=O)[O-])[N+](C)(C)C)COC(=O)CCCCCCCCC/C=C/C/C=C/CCCCCCCCCC. The highest BCUT2D eigenvalue weighted by Gasteiger charge is 2.25. The Labute approximate surface area is 374 Å². The normalized spacial score (nSPS) is 13.5. The van der Waals surface area contributed by atoms with Crippen LogP contribution in [0.25, 0.3) is 0 Å². The Morgan fingerprint density at radius 2 is 0.984 bits per heavy atom. The van der Waals surface area contributed by atoms with Crippen LogP contribution in [0, 0.1) is 0 Å². The monoisotopic (exact) mass is 854 g/mol. The maximum atomic E-state index is 12.7. The van der Waals surface area contributed by atoms with Crippen molar-refractivity contribution in [2.75, 3.05) is 41.0 Å². The first-order valence-corrected chi connectivity index (χ1v) is 24.5. The van der Waals surface area contributed by atoms with Crippen LogP contribution in [0.5, 0.6) is 0 Å². The number of ether oxygens (including phenoxy) is 3. The van der Waals surface area contributed by atoms with Crippen molar-refractivity contribution < 1.29 is 38.2 Å². The fourth-order valence-electron chi connectivity index (χ4n) is 6.88. The standard InChI is InChI=1S/C53H91NO7/c1-6-8-10-12-14-16-18-20-22-23-24-25-26-27-28-30-31-33-35-37-39-41-43-51(55)60-48-49(47-59-46-45-50(53(57)58)54(3,4)5)61-52(56)44-42-40-38-36-34-32-29-21-19-17-15-13-11-9-7-2/h9,11,13,15,17,19,21,23-24,26-27,29,49-50H,6-8,10,12,14,16,18,20,22,25,28,30-48H2,1-5H3/b11-9+,15-13+,19-17+,24-23+,27-26+,29-21+. The molecule has 0 fully saturated rings. The summed E-state index contributed by atoms with van der Waals surface area (Å²) in [5.41, 5.74) is 0. The van der Waals surface area contributed by atoms with Crippen LogP contribution in [0.1, 0.15) is 194 Å². The van der Waals surface area contributed by atoms with Crippen molar-refractivity contribution in [3.8, 4) is 0 Å². The first-order chi connectivity index (χ1) is 29.6. The van der Waals surface area contributed by atoms with Gasteiger partial charge in [0.25, 0.3) is 0 Å². The summed E-state index contributed by atoms with van der Waals surface area (Å²) in [6.07, 6.45) is 55.0. The van der Waals surface area contributed by atoms with E-state index in [1.165, 1.54) is 83.5 Å². The number of nitrogens with zero attached hydrogens (tertiary/aromatic N) is 1. The summed E-state index contributed by atoms with van der Waals surface area (Å²) < 4.78 is 17.2. The molecule has 0 aliphatic heterocycles. The van der Waals surface area contributed by atoms with Gasteiger partial charge >= 0.3 is 11.9 Å². The van der Waals surface area contributed by atoms with Gasteiger partial charge in [0.1, 0.15) is 12.6 Å². The van der Waals surface area contributed by atoms with E-state index in [-0.39, 0.29) is 49.1 Å². The molecular formula is C53H91NO7. The molecule has 350 valence electrons. The van der Waals surface area contributed by atoms with E-state index in [0.717, 1.165) is 77.0 Å². The van der Waals surface area contributed by atoms with Crippen molar-refractivity contribution in [1.29, 1.82) is 0 Å². The Morgan fingerprint density at radius 1 is 0.525 bits per heavy atom. The molecule has 0 bridgehead atoms. The van der Waals surface area contributed by atoms with Crippen molar-refractivity contribution in [2.24, 2.45) is 0 Å². The Morgan fingerprint density at radius 3 is 1.49 bits per heavy atom. The predicted molar refractivity (Wildman–Crippen MR) is 254 cm³/mol. The molecule has 8 nitrogen and oxygen atoms in total. The Bertz CT molecular complexity index is 1230. The Kier molecular flexibility index (Phi) is 41.1. The zero-order valence-corrected chi connectivity index (χ0v) is 39.8. The van der Waals surface area contributed by atoms with E-state index < -0.39 is 18.1 Å². The number of carboxylic acid groups (broad SMARTS) is 1. The number of hydrogen-bond acceptors (Lipinski definition) is 7. The zero-order chi connectivity index (χ0) is 44.9.